The first-order valence-corrected chi connectivity index (χ1v) is 7.74. The number of nitrogens with zero attached hydrogens (tertiary/aromatic N) is 1. The molecule has 2 aromatic rings. The number of halogens is 1. The van der Waals surface area contributed by atoms with Crippen LogP contribution in [-0.2, 0) is 11.3 Å². The van der Waals surface area contributed by atoms with Crippen molar-refractivity contribution in [3.05, 3.63) is 53.8 Å². The molecule has 0 bridgehead atoms. The third-order valence-corrected chi connectivity index (χ3v) is 3.96. The first-order valence-electron chi connectivity index (χ1n) is 7.74. The van der Waals surface area contributed by atoms with E-state index in [1.165, 1.54) is 12.1 Å². The van der Waals surface area contributed by atoms with Crippen molar-refractivity contribution in [3.63, 3.8) is 0 Å². The van der Waals surface area contributed by atoms with Gasteiger partial charge in [0.15, 0.2) is 11.5 Å². The zero-order valence-electron chi connectivity index (χ0n) is 13.4. The van der Waals surface area contributed by atoms with Gasteiger partial charge in [0, 0.05) is 18.2 Å². The fraction of sp³-hybridized carbons (Fsp3) is 0.278. The summed E-state index contributed by atoms with van der Waals surface area (Å²) in [5, 5.41) is 0. The first-order chi connectivity index (χ1) is 11.6. The summed E-state index contributed by atoms with van der Waals surface area (Å²) in [6.07, 6.45) is 0. The third kappa shape index (κ3) is 3.33. The molecule has 2 N–H and O–H groups in total. The molecular weight excluding hydrogens is 311 g/mol. The molecule has 0 radical (unpaired) electrons. The molecule has 1 unspecified atom stereocenters. The molecule has 5 nitrogen and oxygen atoms in total. The van der Waals surface area contributed by atoms with Crippen LogP contribution in [0.3, 0.4) is 0 Å². The maximum atomic E-state index is 13.2. The van der Waals surface area contributed by atoms with Crippen molar-refractivity contribution in [2.24, 2.45) is 11.7 Å². The normalized spacial score (nSPS) is 13.6. The van der Waals surface area contributed by atoms with Crippen LogP contribution in [0.1, 0.15) is 12.5 Å². The summed E-state index contributed by atoms with van der Waals surface area (Å²) in [6, 6.07) is 11.4. The largest absolute Gasteiger partial charge is 0.454 e. The number of hydrogen-bond acceptors (Lipinski definition) is 4. The van der Waals surface area contributed by atoms with Crippen molar-refractivity contribution in [2.75, 3.05) is 18.2 Å². The molecule has 0 fully saturated rings. The Morgan fingerprint density at radius 1 is 1.21 bits per heavy atom. The Morgan fingerprint density at radius 3 is 2.62 bits per heavy atom. The highest BCUT2D eigenvalue weighted by Crippen LogP contribution is 2.33. The number of hydrogen-bond donors (Lipinski definition) is 1. The Labute approximate surface area is 139 Å². The quantitative estimate of drug-likeness (QED) is 0.915. The van der Waals surface area contributed by atoms with Crippen LogP contribution in [0.4, 0.5) is 10.1 Å². The van der Waals surface area contributed by atoms with Gasteiger partial charge in [-0.05, 0) is 42.0 Å². The summed E-state index contributed by atoms with van der Waals surface area (Å²) in [6.45, 7) is 2.56. The van der Waals surface area contributed by atoms with Gasteiger partial charge in [0.2, 0.25) is 12.7 Å². The summed E-state index contributed by atoms with van der Waals surface area (Å²) in [5.74, 6) is 0.562. The highest BCUT2D eigenvalue weighted by Gasteiger charge is 2.22. The number of ether oxygens (including phenoxy) is 2. The summed E-state index contributed by atoms with van der Waals surface area (Å²) in [5.41, 5.74) is 7.15. The maximum absolute atomic E-state index is 13.2. The van der Waals surface area contributed by atoms with Crippen LogP contribution in [0, 0.1) is 11.7 Å². The van der Waals surface area contributed by atoms with E-state index < -0.39 is 0 Å². The van der Waals surface area contributed by atoms with Gasteiger partial charge in [-0.3, -0.25) is 4.79 Å². The van der Waals surface area contributed by atoms with Gasteiger partial charge in [-0.25, -0.2) is 4.39 Å². The van der Waals surface area contributed by atoms with E-state index in [4.69, 9.17) is 15.2 Å². The lowest BCUT2D eigenvalue weighted by molar-refractivity contribution is -0.121. The topological polar surface area (TPSA) is 64.8 Å². The van der Waals surface area contributed by atoms with Gasteiger partial charge in [0.1, 0.15) is 5.82 Å². The predicted octanol–water partition coefficient (Wildman–Crippen LogP) is 2.68. The number of amides is 1. The average Bonchev–Trinajstić information content (AvgIpc) is 3.07. The molecule has 0 aliphatic carbocycles. The van der Waals surface area contributed by atoms with Crippen molar-refractivity contribution in [1.82, 2.24) is 0 Å². The van der Waals surface area contributed by atoms with E-state index in [0.717, 1.165) is 5.56 Å². The van der Waals surface area contributed by atoms with Gasteiger partial charge in [-0.2, -0.15) is 0 Å². The number of anilines is 1. The van der Waals surface area contributed by atoms with Crippen LogP contribution >= 0.6 is 0 Å². The monoisotopic (exact) mass is 330 g/mol. The summed E-state index contributed by atoms with van der Waals surface area (Å²) in [7, 11) is 0. The molecule has 1 heterocycles. The van der Waals surface area contributed by atoms with E-state index in [9.17, 15) is 9.18 Å². The van der Waals surface area contributed by atoms with Crippen molar-refractivity contribution < 1.29 is 18.7 Å². The van der Waals surface area contributed by atoms with Gasteiger partial charge in [0.25, 0.3) is 0 Å². The molecule has 1 aliphatic rings. The van der Waals surface area contributed by atoms with Crippen LogP contribution in [-0.4, -0.2) is 19.2 Å². The number of nitrogens with two attached hydrogens (primary N) is 1. The molecule has 126 valence electrons. The minimum atomic E-state index is -0.346. The summed E-state index contributed by atoms with van der Waals surface area (Å²) >= 11 is 0. The van der Waals surface area contributed by atoms with Gasteiger partial charge < -0.3 is 20.1 Å². The molecular formula is C18H19FN2O3. The fourth-order valence-electron chi connectivity index (χ4n) is 2.51. The Balaban J connectivity index is 1.89. The van der Waals surface area contributed by atoms with Gasteiger partial charge >= 0.3 is 0 Å². The van der Waals surface area contributed by atoms with Crippen LogP contribution < -0.4 is 20.1 Å². The molecule has 0 aromatic heterocycles. The number of benzene rings is 2. The van der Waals surface area contributed by atoms with Crippen LogP contribution in [0.15, 0.2) is 42.5 Å². The molecule has 6 heteroatoms. The number of rotatable bonds is 5. The second-order valence-electron chi connectivity index (χ2n) is 5.73. The van der Waals surface area contributed by atoms with Crippen LogP contribution in [0.5, 0.6) is 11.5 Å². The van der Waals surface area contributed by atoms with Crippen molar-refractivity contribution in [3.8, 4) is 11.5 Å². The molecule has 0 saturated heterocycles. The van der Waals surface area contributed by atoms with Gasteiger partial charge in [-0.1, -0.05) is 13.0 Å². The van der Waals surface area contributed by atoms with Crippen LogP contribution in [0.2, 0.25) is 0 Å². The Morgan fingerprint density at radius 2 is 1.92 bits per heavy atom. The Bertz CT molecular complexity index is 734. The molecule has 1 atom stereocenters. The maximum Gasteiger partial charge on any atom is 0.231 e. The zero-order valence-corrected chi connectivity index (χ0v) is 13.4. The smallest absolute Gasteiger partial charge is 0.231 e. The molecule has 1 aliphatic heterocycles. The predicted molar refractivity (Wildman–Crippen MR) is 88.4 cm³/mol. The second kappa shape index (κ2) is 6.88. The molecule has 24 heavy (non-hydrogen) atoms. The van der Waals surface area contributed by atoms with E-state index in [1.54, 1.807) is 24.0 Å². The lowest BCUT2D eigenvalue weighted by atomic mass is 10.1. The molecule has 0 saturated carbocycles. The molecule has 3 rings (SSSR count). The van der Waals surface area contributed by atoms with Crippen molar-refractivity contribution in [1.29, 1.82) is 0 Å². The van der Waals surface area contributed by atoms with E-state index in [2.05, 4.69) is 0 Å². The standard InChI is InChI=1S/C18H19FN2O3/c1-12(9-20)18(22)21(15-5-3-14(19)4-6-15)10-13-2-7-16-17(8-13)24-11-23-16/h2-8,12H,9-11,20H2,1H3. The van der Waals surface area contributed by atoms with E-state index in [1.807, 2.05) is 18.2 Å². The van der Waals surface area contributed by atoms with Crippen LogP contribution in [0.25, 0.3) is 0 Å². The molecule has 1 amide bonds. The van der Waals surface area contributed by atoms with Gasteiger partial charge in [0.05, 0.1) is 6.54 Å². The Kier molecular flexibility index (Phi) is 4.66. The highest BCUT2D eigenvalue weighted by molar-refractivity contribution is 5.94. The highest BCUT2D eigenvalue weighted by atomic mass is 19.1. The average molecular weight is 330 g/mol. The number of carbonyl (C=O) groups excluding carboxylic acids is 1. The Hall–Kier alpha value is -2.60. The lowest BCUT2D eigenvalue weighted by Gasteiger charge is -2.26. The van der Waals surface area contributed by atoms with E-state index >= 15 is 0 Å². The third-order valence-electron chi connectivity index (χ3n) is 3.96. The van der Waals surface area contributed by atoms with Crippen molar-refractivity contribution in [2.45, 2.75) is 13.5 Å². The SMILES string of the molecule is CC(CN)C(=O)N(Cc1ccc2c(c1)OCO2)c1ccc(F)cc1. The van der Waals surface area contributed by atoms with Crippen molar-refractivity contribution >= 4 is 11.6 Å². The summed E-state index contributed by atoms with van der Waals surface area (Å²) in [4.78, 5) is 14.3. The minimum absolute atomic E-state index is 0.109. The van der Waals surface area contributed by atoms with E-state index in [-0.39, 0.29) is 31.0 Å². The molecule has 0 spiro atoms. The second-order valence-corrected chi connectivity index (χ2v) is 5.73. The molecule has 2 aromatic carbocycles. The minimum Gasteiger partial charge on any atom is -0.454 e. The lowest BCUT2D eigenvalue weighted by Crippen LogP contribution is -2.37. The number of carbonyl (C=O) groups is 1. The van der Waals surface area contributed by atoms with E-state index in [0.29, 0.717) is 23.7 Å². The first kappa shape index (κ1) is 16.3. The fourth-order valence-corrected chi connectivity index (χ4v) is 2.51. The van der Waals surface area contributed by atoms with Gasteiger partial charge in [-0.15, -0.1) is 0 Å². The summed E-state index contributed by atoms with van der Waals surface area (Å²) < 4.78 is 23.9. The zero-order chi connectivity index (χ0) is 17.1. The number of fused-ring (bicyclic) bond motifs is 1.